The van der Waals surface area contributed by atoms with E-state index in [1.54, 1.807) is 0 Å². The van der Waals surface area contributed by atoms with E-state index in [1.807, 2.05) is 0 Å². The number of piperidine rings is 1. The third kappa shape index (κ3) is 2.82. The molecule has 23 heavy (non-hydrogen) atoms. The molecule has 1 N–H and O–H groups in total. The summed E-state index contributed by atoms with van der Waals surface area (Å²) < 4.78 is 11.9. The van der Waals surface area contributed by atoms with Gasteiger partial charge in [-0.15, -0.1) is 0 Å². The number of likely N-dealkylation sites (tertiary alicyclic amines) is 1. The zero-order valence-corrected chi connectivity index (χ0v) is 13.7. The number of aliphatic hydroxyl groups is 1. The maximum atomic E-state index is 9.88. The first-order valence-electron chi connectivity index (χ1n) is 8.99. The van der Waals surface area contributed by atoms with E-state index in [9.17, 15) is 5.11 Å². The van der Waals surface area contributed by atoms with Crippen molar-refractivity contribution >= 4 is 0 Å². The van der Waals surface area contributed by atoms with E-state index in [2.05, 4.69) is 35.2 Å². The predicted octanol–water partition coefficient (Wildman–Crippen LogP) is 2.66. The Bertz CT molecular complexity index is 509. The number of aliphatic hydroxyl groups excluding tert-OH is 1. The van der Waals surface area contributed by atoms with E-state index in [0.29, 0.717) is 0 Å². The Kier molecular flexibility index (Phi) is 4.18. The van der Waals surface area contributed by atoms with E-state index in [0.717, 1.165) is 64.8 Å². The predicted molar refractivity (Wildman–Crippen MR) is 88.0 cm³/mol. The summed E-state index contributed by atoms with van der Waals surface area (Å²) in [5.41, 5.74) is 1.48. The summed E-state index contributed by atoms with van der Waals surface area (Å²) in [5, 5.41) is 9.88. The number of benzene rings is 1. The number of ether oxygens (including phenoxy) is 2. The van der Waals surface area contributed by atoms with Crippen LogP contribution in [0, 0.1) is 0 Å². The molecular formula is C19H27NO3. The molecule has 0 radical (unpaired) electrons. The molecule has 0 unspecified atom stereocenters. The Balaban J connectivity index is 1.60. The van der Waals surface area contributed by atoms with Gasteiger partial charge in [-0.3, -0.25) is 4.90 Å². The standard InChI is InChI=1S/C19H27NO3/c21-17-6-12-20(13-7-17)18(16-4-2-1-3-5-16)8-10-19(11-9-18)22-14-15-23-19/h1-5,17,21H,6-15H2. The fourth-order valence-corrected chi connectivity index (χ4v) is 4.66. The molecule has 1 spiro atoms. The highest BCUT2D eigenvalue weighted by Gasteiger charge is 2.49. The molecule has 1 aliphatic carbocycles. The molecule has 4 nitrogen and oxygen atoms in total. The topological polar surface area (TPSA) is 41.9 Å². The van der Waals surface area contributed by atoms with Gasteiger partial charge in [-0.2, -0.15) is 0 Å². The fourth-order valence-electron chi connectivity index (χ4n) is 4.66. The molecule has 0 aromatic heterocycles. The molecule has 126 valence electrons. The summed E-state index contributed by atoms with van der Waals surface area (Å²) in [6, 6.07) is 10.9. The van der Waals surface area contributed by atoms with E-state index in [-0.39, 0.29) is 17.4 Å². The van der Waals surface area contributed by atoms with Crippen LogP contribution in [0.15, 0.2) is 30.3 Å². The van der Waals surface area contributed by atoms with Crippen LogP contribution in [0.1, 0.15) is 44.1 Å². The van der Waals surface area contributed by atoms with Crippen molar-refractivity contribution in [1.29, 1.82) is 0 Å². The van der Waals surface area contributed by atoms with Crippen molar-refractivity contribution in [3.05, 3.63) is 35.9 Å². The maximum Gasteiger partial charge on any atom is 0.168 e. The van der Waals surface area contributed by atoms with Crippen molar-refractivity contribution in [2.45, 2.75) is 56.0 Å². The quantitative estimate of drug-likeness (QED) is 0.910. The van der Waals surface area contributed by atoms with E-state index in [4.69, 9.17) is 9.47 Å². The van der Waals surface area contributed by atoms with Gasteiger partial charge in [-0.1, -0.05) is 30.3 Å². The monoisotopic (exact) mass is 317 g/mol. The molecule has 4 rings (SSSR count). The van der Waals surface area contributed by atoms with Gasteiger partial charge in [-0.05, 0) is 31.2 Å². The average Bonchev–Trinajstić information content (AvgIpc) is 3.06. The average molecular weight is 317 g/mol. The van der Waals surface area contributed by atoms with Crippen molar-refractivity contribution in [2.75, 3.05) is 26.3 Å². The highest BCUT2D eigenvalue weighted by Crippen LogP contribution is 2.48. The largest absolute Gasteiger partial charge is 0.393 e. The number of hydrogen-bond acceptors (Lipinski definition) is 4. The second kappa shape index (κ2) is 6.17. The normalized spacial score (nSPS) is 28.2. The molecule has 0 amide bonds. The SMILES string of the molecule is OC1CCN(C2(c3ccccc3)CCC3(CC2)OCCO3)CC1. The van der Waals surface area contributed by atoms with Crippen LogP contribution in [-0.2, 0) is 15.0 Å². The van der Waals surface area contributed by atoms with Gasteiger partial charge < -0.3 is 14.6 Å². The summed E-state index contributed by atoms with van der Waals surface area (Å²) in [6.07, 6.45) is 5.68. The van der Waals surface area contributed by atoms with Gasteiger partial charge in [0, 0.05) is 31.5 Å². The fraction of sp³-hybridized carbons (Fsp3) is 0.684. The first-order valence-corrected chi connectivity index (χ1v) is 8.99. The zero-order chi connectivity index (χ0) is 15.8. The molecule has 2 aliphatic heterocycles. The number of rotatable bonds is 2. The van der Waals surface area contributed by atoms with Crippen LogP contribution in [-0.4, -0.2) is 48.2 Å². The van der Waals surface area contributed by atoms with Gasteiger partial charge in [0.25, 0.3) is 0 Å². The Hall–Kier alpha value is -0.940. The van der Waals surface area contributed by atoms with Crippen molar-refractivity contribution < 1.29 is 14.6 Å². The lowest BCUT2D eigenvalue weighted by Crippen LogP contribution is -2.54. The third-order valence-corrected chi connectivity index (χ3v) is 6.03. The molecule has 2 heterocycles. The second-order valence-corrected chi connectivity index (χ2v) is 7.22. The molecule has 0 atom stereocenters. The zero-order valence-electron chi connectivity index (χ0n) is 13.7. The molecule has 0 bridgehead atoms. The summed E-state index contributed by atoms with van der Waals surface area (Å²) in [4.78, 5) is 2.61. The first kappa shape index (κ1) is 15.6. The van der Waals surface area contributed by atoms with Gasteiger partial charge in [-0.25, -0.2) is 0 Å². The van der Waals surface area contributed by atoms with Gasteiger partial charge in [0.2, 0.25) is 0 Å². The minimum Gasteiger partial charge on any atom is -0.393 e. The molecule has 1 aromatic carbocycles. The third-order valence-electron chi connectivity index (χ3n) is 6.03. The van der Waals surface area contributed by atoms with Crippen LogP contribution in [0.4, 0.5) is 0 Å². The molecule has 4 heteroatoms. The molecule has 1 aromatic rings. The van der Waals surface area contributed by atoms with Crippen LogP contribution in [0.2, 0.25) is 0 Å². The molecule has 2 saturated heterocycles. The Morgan fingerprint density at radius 3 is 2.13 bits per heavy atom. The van der Waals surface area contributed by atoms with Crippen molar-refractivity contribution in [1.82, 2.24) is 4.90 Å². The highest BCUT2D eigenvalue weighted by atomic mass is 16.7. The van der Waals surface area contributed by atoms with E-state index >= 15 is 0 Å². The lowest BCUT2D eigenvalue weighted by Gasteiger charge is -2.52. The highest BCUT2D eigenvalue weighted by molar-refractivity contribution is 5.26. The smallest absolute Gasteiger partial charge is 0.168 e. The van der Waals surface area contributed by atoms with Gasteiger partial charge >= 0.3 is 0 Å². The van der Waals surface area contributed by atoms with Crippen molar-refractivity contribution in [3.8, 4) is 0 Å². The summed E-state index contributed by atoms with van der Waals surface area (Å²) >= 11 is 0. The van der Waals surface area contributed by atoms with Crippen LogP contribution in [0.3, 0.4) is 0 Å². The minimum absolute atomic E-state index is 0.0714. The number of hydrogen-bond donors (Lipinski definition) is 1. The van der Waals surface area contributed by atoms with Crippen LogP contribution in [0.25, 0.3) is 0 Å². The van der Waals surface area contributed by atoms with Gasteiger partial charge in [0.05, 0.1) is 19.3 Å². The van der Waals surface area contributed by atoms with Crippen molar-refractivity contribution in [2.24, 2.45) is 0 Å². The lowest BCUT2D eigenvalue weighted by atomic mass is 9.72. The Labute approximate surface area is 138 Å². The Morgan fingerprint density at radius 1 is 0.913 bits per heavy atom. The summed E-state index contributed by atoms with van der Waals surface area (Å²) in [6.45, 7) is 3.41. The number of nitrogens with zero attached hydrogens (tertiary/aromatic N) is 1. The van der Waals surface area contributed by atoms with Crippen LogP contribution in [0.5, 0.6) is 0 Å². The summed E-state index contributed by atoms with van der Waals surface area (Å²) in [5.74, 6) is -0.326. The molecular weight excluding hydrogens is 290 g/mol. The molecule has 1 saturated carbocycles. The van der Waals surface area contributed by atoms with E-state index < -0.39 is 0 Å². The summed E-state index contributed by atoms with van der Waals surface area (Å²) in [7, 11) is 0. The first-order chi connectivity index (χ1) is 11.2. The maximum absolute atomic E-state index is 9.88. The molecule has 3 fully saturated rings. The molecule has 3 aliphatic rings. The van der Waals surface area contributed by atoms with Crippen molar-refractivity contribution in [3.63, 3.8) is 0 Å². The Morgan fingerprint density at radius 2 is 1.52 bits per heavy atom. The van der Waals surface area contributed by atoms with Gasteiger partial charge in [0.1, 0.15) is 0 Å². The van der Waals surface area contributed by atoms with Crippen LogP contribution >= 0.6 is 0 Å². The lowest BCUT2D eigenvalue weighted by molar-refractivity contribution is -0.197. The second-order valence-electron chi connectivity index (χ2n) is 7.22. The van der Waals surface area contributed by atoms with Crippen LogP contribution < -0.4 is 0 Å². The van der Waals surface area contributed by atoms with Gasteiger partial charge in [0.15, 0.2) is 5.79 Å². The minimum atomic E-state index is -0.326. The van der Waals surface area contributed by atoms with E-state index in [1.165, 1.54) is 5.56 Å².